The van der Waals surface area contributed by atoms with E-state index in [-0.39, 0.29) is 11.8 Å². The number of carbonyl (C=O) groups is 1. The molecule has 2 rings (SSSR count). The number of amides is 1. The zero-order valence-electron chi connectivity index (χ0n) is 10.7. The van der Waals surface area contributed by atoms with Gasteiger partial charge in [-0.3, -0.25) is 4.79 Å². The van der Waals surface area contributed by atoms with Gasteiger partial charge in [0.05, 0.1) is 5.92 Å². The molecule has 0 aromatic carbocycles. The third-order valence-electron chi connectivity index (χ3n) is 3.41. The van der Waals surface area contributed by atoms with Crippen LogP contribution in [-0.4, -0.2) is 31.0 Å². The maximum absolute atomic E-state index is 11.7. The van der Waals surface area contributed by atoms with Crippen LogP contribution in [0.15, 0.2) is 18.3 Å². The maximum atomic E-state index is 11.7. The van der Waals surface area contributed by atoms with Gasteiger partial charge in [0, 0.05) is 32.9 Å². The van der Waals surface area contributed by atoms with Gasteiger partial charge in [-0.15, -0.1) is 0 Å². The summed E-state index contributed by atoms with van der Waals surface area (Å²) in [5.74, 6) is 1.10. The van der Waals surface area contributed by atoms with Crippen molar-refractivity contribution in [2.24, 2.45) is 11.7 Å². The predicted octanol–water partition coefficient (Wildman–Crippen LogP) is 0.503. The Morgan fingerprint density at radius 3 is 3.22 bits per heavy atom. The van der Waals surface area contributed by atoms with Crippen LogP contribution in [0.2, 0.25) is 0 Å². The minimum absolute atomic E-state index is 0.0621. The third-order valence-corrected chi connectivity index (χ3v) is 3.41. The Kier molecular flexibility index (Phi) is 4.15. The predicted molar refractivity (Wildman–Crippen MR) is 71.1 cm³/mol. The molecule has 1 saturated heterocycles. The first-order valence-corrected chi connectivity index (χ1v) is 6.36. The third kappa shape index (κ3) is 2.79. The Hall–Kier alpha value is -1.62. The molecule has 98 valence electrons. The molecule has 1 unspecified atom stereocenters. The molecule has 5 nitrogen and oxygen atoms in total. The SMILES string of the molecule is CNC(=O)C1CCCN(c2cc(CN)ccn2)C1. The van der Waals surface area contributed by atoms with Crippen LogP contribution < -0.4 is 16.0 Å². The molecule has 0 aliphatic carbocycles. The van der Waals surface area contributed by atoms with Gasteiger partial charge in [-0.2, -0.15) is 0 Å². The van der Waals surface area contributed by atoms with Gasteiger partial charge in [-0.25, -0.2) is 4.98 Å². The molecular formula is C13H20N4O. The molecule has 1 fully saturated rings. The molecule has 2 heterocycles. The van der Waals surface area contributed by atoms with Crippen molar-refractivity contribution in [3.8, 4) is 0 Å². The van der Waals surface area contributed by atoms with Crippen molar-refractivity contribution in [2.45, 2.75) is 19.4 Å². The van der Waals surface area contributed by atoms with E-state index in [1.165, 1.54) is 0 Å². The van der Waals surface area contributed by atoms with E-state index in [1.54, 1.807) is 13.2 Å². The van der Waals surface area contributed by atoms with Crippen molar-refractivity contribution in [1.29, 1.82) is 0 Å². The molecule has 0 bridgehead atoms. The fourth-order valence-corrected chi connectivity index (χ4v) is 2.36. The summed E-state index contributed by atoms with van der Waals surface area (Å²) in [6, 6.07) is 3.93. The van der Waals surface area contributed by atoms with Crippen LogP contribution in [0.3, 0.4) is 0 Å². The number of nitrogens with two attached hydrogens (primary N) is 1. The lowest BCUT2D eigenvalue weighted by atomic mass is 9.97. The topological polar surface area (TPSA) is 71.2 Å². The van der Waals surface area contributed by atoms with E-state index in [9.17, 15) is 4.79 Å². The number of nitrogens with zero attached hydrogens (tertiary/aromatic N) is 2. The van der Waals surface area contributed by atoms with Gasteiger partial charge >= 0.3 is 0 Å². The van der Waals surface area contributed by atoms with Crippen LogP contribution in [0.4, 0.5) is 5.82 Å². The Morgan fingerprint density at radius 1 is 1.67 bits per heavy atom. The molecule has 1 amide bonds. The Bertz CT molecular complexity index is 421. The van der Waals surface area contributed by atoms with Crippen molar-refractivity contribution in [3.05, 3.63) is 23.9 Å². The van der Waals surface area contributed by atoms with E-state index in [1.807, 2.05) is 12.1 Å². The average molecular weight is 248 g/mol. The first kappa shape index (κ1) is 12.8. The fourth-order valence-electron chi connectivity index (χ4n) is 2.36. The highest BCUT2D eigenvalue weighted by Crippen LogP contribution is 2.22. The lowest BCUT2D eigenvalue weighted by Crippen LogP contribution is -2.42. The van der Waals surface area contributed by atoms with E-state index in [0.717, 1.165) is 37.3 Å². The summed E-state index contributed by atoms with van der Waals surface area (Å²) in [5.41, 5.74) is 6.71. The van der Waals surface area contributed by atoms with Crippen molar-refractivity contribution in [3.63, 3.8) is 0 Å². The standard InChI is InChI=1S/C13H20N4O/c1-15-13(18)11-3-2-6-17(9-11)12-7-10(8-14)4-5-16-12/h4-5,7,11H,2-3,6,8-9,14H2,1H3,(H,15,18). The maximum Gasteiger partial charge on any atom is 0.224 e. The van der Waals surface area contributed by atoms with Crippen molar-refractivity contribution < 1.29 is 4.79 Å². The summed E-state index contributed by atoms with van der Waals surface area (Å²) in [5, 5.41) is 2.72. The summed E-state index contributed by atoms with van der Waals surface area (Å²) in [6.45, 7) is 2.21. The molecule has 1 aromatic heterocycles. The Balaban J connectivity index is 2.10. The van der Waals surface area contributed by atoms with Gasteiger partial charge in [-0.1, -0.05) is 0 Å². The van der Waals surface area contributed by atoms with Crippen LogP contribution in [0.25, 0.3) is 0 Å². The van der Waals surface area contributed by atoms with Crippen molar-refractivity contribution >= 4 is 11.7 Å². The molecule has 1 aliphatic rings. The Labute approximate surface area is 107 Å². The van der Waals surface area contributed by atoms with Gasteiger partial charge in [0.1, 0.15) is 5.82 Å². The number of aromatic nitrogens is 1. The summed E-state index contributed by atoms with van der Waals surface area (Å²) in [6.07, 6.45) is 3.75. The molecule has 1 atom stereocenters. The zero-order valence-corrected chi connectivity index (χ0v) is 10.7. The molecule has 5 heteroatoms. The molecule has 1 aromatic rings. The molecular weight excluding hydrogens is 228 g/mol. The zero-order chi connectivity index (χ0) is 13.0. The molecule has 0 radical (unpaired) electrons. The number of hydrogen-bond donors (Lipinski definition) is 2. The Morgan fingerprint density at radius 2 is 2.50 bits per heavy atom. The van der Waals surface area contributed by atoms with Crippen molar-refractivity contribution in [2.75, 3.05) is 25.0 Å². The highest BCUT2D eigenvalue weighted by molar-refractivity contribution is 5.79. The molecule has 3 N–H and O–H groups in total. The van der Waals surface area contributed by atoms with E-state index in [0.29, 0.717) is 6.54 Å². The van der Waals surface area contributed by atoms with Gasteiger partial charge in [-0.05, 0) is 30.5 Å². The summed E-state index contributed by atoms with van der Waals surface area (Å²) >= 11 is 0. The lowest BCUT2D eigenvalue weighted by Gasteiger charge is -2.32. The van der Waals surface area contributed by atoms with Crippen LogP contribution in [0.1, 0.15) is 18.4 Å². The monoisotopic (exact) mass is 248 g/mol. The van der Waals surface area contributed by atoms with E-state index >= 15 is 0 Å². The van der Waals surface area contributed by atoms with Crippen LogP contribution in [0, 0.1) is 5.92 Å². The second-order valence-electron chi connectivity index (χ2n) is 4.63. The fraction of sp³-hybridized carbons (Fsp3) is 0.538. The summed E-state index contributed by atoms with van der Waals surface area (Å²) in [4.78, 5) is 18.2. The minimum atomic E-state index is 0.0621. The number of pyridine rings is 1. The van der Waals surface area contributed by atoms with Crippen LogP contribution in [-0.2, 0) is 11.3 Å². The second-order valence-corrected chi connectivity index (χ2v) is 4.63. The number of carbonyl (C=O) groups excluding carboxylic acids is 1. The number of rotatable bonds is 3. The molecule has 0 spiro atoms. The van der Waals surface area contributed by atoms with E-state index < -0.39 is 0 Å². The smallest absolute Gasteiger partial charge is 0.224 e. The number of piperidine rings is 1. The highest BCUT2D eigenvalue weighted by atomic mass is 16.1. The van der Waals surface area contributed by atoms with Gasteiger partial charge < -0.3 is 16.0 Å². The van der Waals surface area contributed by atoms with Gasteiger partial charge in [0.15, 0.2) is 0 Å². The molecule has 1 aliphatic heterocycles. The van der Waals surface area contributed by atoms with Crippen molar-refractivity contribution in [1.82, 2.24) is 10.3 Å². The van der Waals surface area contributed by atoms with Crippen LogP contribution >= 0.6 is 0 Å². The molecule has 0 saturated carbocycles. The first-order valence-electron chi connectivity index (χ1n) is 6.36. The summed E-state index contributed by atoms with van der Waals surface area (Å²) in [7, 11) is 1.69. The van der Waals surface area contributed by atoms with Gasteiger partial charge in [0.2, 0.25) is 5.91 Å². The van der Waals surface area contributed by atoms with Gasteiger partial charge in [0.25, 0.3) is 0 Å². The first-order chi connectivity index (χ1) is 8.74. The second kappa shape index (κ2) is 5.82. The average Bonchev–Trinajstić information content (AvgIpc) is 2.46. The van der Waals surface area contributed by atoms with E-state index in [2.05, 4.69) is 15.2 Å². The minimum Gasteiger partial charge on any atom is -0.359 e. The number of hydrogen-bond acceptors (Lipinski definition) is 4. The lowest BCUT2D eigenvalue weighted by molar-refractivity contribution is -0.124. The largest absolute Gasteiger partial charge is 0.359 e. The highest BCUT2D eigenvalue weighted by Gasteiger charge is 2.25. The summed E-state index contributed by atoms with van der Waals surface area (Å²) < 4.78 is 0. The van der Waals surface area contributed by atoms with E-state index in [4.69, 9.17) is 5.73 Å². The number of anilines is 1. The van der Waals surface area contributed by atoms with Crippen LogP contribution in [0.5, 0.6) is 0 Å². The quantitative estimate of drug-likeness (QED) is 0.817. The normalized spacial score (nSPS) is 19.7. The molecule has 18 heavy (non-hydrogen) atoms. The number of nitrogens with one attached hydrogen (secondary N) is 1.